The van der Waals surface area contributed by atoms with E-state index in [1.165, 1.54) is 5.56 Å². The number of amides is 1. The predicted octanol–water partition coefficient (Wildman–Crippen LogP) is 3.53. The molecule has 24 heavy (non-hydrogen) atoms. The molecule has 2 aromatic rings. The third-order valence-corrected chi connectivity index (χ3v) is 5.46. The SMILES string of the molecule is Cc1csc(=O)n1CC(=O)N(Cc1ccc(C(C)C)cc1)C1CC1. The maximum atomic E-state index is 12.7. The maximum absolute atomic E-state index is 12.7. The summed E-state index contributed by atoms with van der Waals surface area (Å²) in [6.07, 6.45) is 2.13. The highest BCUT2D eigenvalue weighted by atomic mass is 32.1. The van der Waals surface area contributed by atoms with Crippen molar-refractivity contribution in [3.63, 3.8) is 0 Å². The molecular weight excluding hydrogens is 320 g/mol. The van der Waals surface area contributed by atoms with E-state index in [1.807, 2.05) is 17.2 Å². The lowest BCUT2D eigenvalue weighted by Crippen LogP contribution is -2.37. The van der Waals surface area contributed by atoms with Crippen LogP contribution in [0.5, 0.6) is 0 Å². The number of thiazole rings is 1. The largest absolute Gasteiger partial charge is 0.334 e. The van der Waals surface area contributed by atoms with Gasteiger partial charge >= 0.3 is 4.87 Å². The van der Waals surface area contributed by atoms with Crippen LogP contribution in [0, 0.1) is 6.92 Å². The van der Waals surface area contributed by atoms with Gasteiger partial charge < -0.3 is 4.90 Å². The molecule has 1 fully saturated rings. The molecule has 4 nitrogen and oxygen atoms in total. The van der Waals surface area contributed by atoms with Crippen LogP contribution in [-0.2, 0) is 17.9 Å². The summed E-state index contributed by atoms with van der Waals surface area (Å²) < 4.78 is 1.57. The van der Waals surface area contributed by atoms with Crippen molar-refractivity contribution in [2.75, 3.05) is 0 Å². The Hall–Kier alpha value is -1.88. The van der Waals surface area contributed by atoms with Crippen molar-refractivity contribution >= 4 is 17.2 Å². The van der Waals surface area contributed by atoms with Gasteiger partial charge in [-0.1, -0.05) is 49.4 Å². The van der Waals surface area contributed by atoms with Crippen molar-refractivity contribution in [3.8, 4) is 0 Å². The van der Waals surface area contributed by atoms with Crippen LogP contribution in [-0.4, -0.2) is 21.4 Å². The lowest BCUT2D eigenvalue weighted by molar-refractivity contribution is -0.133. The lowest BCUT2D eigenvalue weighted by atomic mass is 10.0. The molecule has 1 saturated carbocycles. The Morgan fingerprint density at radius 1 is 1.29 bits per heavy atom. The zero-order valence-electron chi connectivity index (χ0n) is 14.5. The van der Waals surface area contributed by atoms with Crippen molar-refractivity contribution in [2.45, 2.75) is 58.7 Å². The van der Waals surface area contributed by atoms with Crippen LogP contribution in [0.1, 0.15) is 49.4 Å². The molecule has 1 aromatic heterocycles. The molecule has 1 heterocycles. The van der Waals surface area contributed by atoms with Crippen molar-refractivity contribution in [2.24, 2.45) is 0 Å². The minimum Gasteiger partial charge on any atom is -0.334 e. The summed E-state index contributed by atoms with van der Waals surface area (Å²) in [7, 11) is 0. The summed E-state index contributed by atoms with van der Waals surface area (Å²) in [6, 6.07) is 8.84. The molecule has 0 saturated heterocycles. The molecule has 128 valence electrons. The van der Waals surface area contributed by atoms with Crippen molar-refractivity contribution in [1.29, 1.82) is 0 Å². The van der Waals surface area contributed by atoms with Crippen LogP contribution in [0.15, 0.2) is 34.4 Å². The van der Waals surface area contributed by atoms with Gasteiger partial charge in [-0.25, -0.2) is 0 Å². The molecule has 0 bridgehead atoms. The van der Waals surface area contributed by atoms with E-state index in [1.54, 1.807) is 4.57 Å². The summed E-state index contributed by atoms with van der Waals surface area (Å²) in [4.78, 5) is 26.5. The number of rotatable bonds is 6. The van der Waals surface area contributed by atoms with Gasteiger partial charge in [0.15, 0.2) is 0 Å². The highest BCUT2D eigenvalue weighted by Gasteiger charge is 2.32. The third kappa shape index (κ3) is 3.78. The van der Waals surface area contributed by atoms with E-state index < -0.39 is 0 Å². The van der Waals surface area contributed by atoms with Crippen molar-refractivity contribution in [3.05, 3.63) is 56.1 Å². The first-order chi connectivity index (χ1) is 11.5. The number of hydrogen-bond donors (Lipinski definition) is 0. The smallest absolute Gasteiger partial charge is 0.307 e. The normalized spacial score (nSPS) is 14.2. The first kappa shape index (κ1) is 17.0. The van der Waals surface area contributed by atoms with Crippen molar-refractivity contribution in [1.82, 2.24) is 9.47 Å². The van der Waals surface area contributed by atoms with Gasteiger partial charge in [-0.2, -0.15) is 0 Å². The molecule has 0 spiro atoms. The zero-order valence-corrected chi connectivity index (χ0v) is 15.3. The molecule has 1 aliphatic rings. The summed E-state index contributed by atoms with van der Waals surface area (Å²) >= 11 is 1.15. The van der Waals surface area contributed by atoms with Crippen LogP contribution in [0.4, 0.5) is 0 Å². The second kappa shape index (κ2) is 6.93. The molecule has 1 aliphatic carbocycles. The van der Waals surface area contributed by atoms with Gasteiger partial charge in [0.2, 0.25) is 5.91 Å². The molecule has 0 N–H and O–H groups in total. The second-order valence-electron chi connectivity index (χ2n) is 6.88. The van der Waals surface area contributed by atoms with Gasteiger partial charge in [0.25, 0.3) is 0 Å². The fourth-order valence-electron chi connectivity index (χ4n) is 2.83. The fourth-order valence-corrected chi connectivity index (χ4v) is 3.57. The Labute approximate surface area is 146 Å². The summed E-state index contributed by atoms with van der Waals surface area (Å²) in [5, 5.41) is 1.81. The number of nitrogens with zero attached hydrogens (tertiary/aromatic N) is 2. The molecule has 0 aliphatic heterocycles. The van der Waals surface area contributed by atoms with E-state index in [9.17, 15) is 9.59 Å². The fraction of sp³-hybridized carbons (Fsp3) is 0.474. The first-order valence-electron chi connectivity index (χ1n) is 8.49. The number of benzene rings is 1. The first-order valence-corrected chi connectivity index (χ1v) is 9.37. The molecule has 0 unspecified atom stereocenters. The highest BCUT2D eigenvalue weighted by molar-refractivity contribution is 7.07. The summed E-state index contributed by atoms with van der Waals surface area (Å²) in [5.74, 6) is 0.544. The third-order valence-electron chi connectivity index (χ3n) is 4.58. The minimum atomic E-state index is -0.0575. The zero-order chi connectivity index (χ0) is 17.3. The van der Waals surface area contributed by atoms with E-state index >= 15 is 0 Å². The number of aryl methyl sites for hydroxylation is 1. The van der Waals surface area contributed by atoms with Gasteiger partial charge in [0.1, 0.15) is 6.54 Å². The second-order valence-corrected chi connectivity index (χ2v) is 7.70. The molecule has 3 rings (SSSR count). The number of carbonyl (C=O) groups is 1. The average molecular weight is 344 g/mol. The topological polar surface area (TPSA) is 42.3 Å². The molecule has 1 aromatic carbocycles. The molecule has 5 heteroatoms. The number of aromatic nitrogens is 1. The average Bonchev–Trinajstić information content (AvgIpc) is 3.35. The van der Waals surface area contributed by atoms with E-state index in [0.29, 0.717) is 18.5 Å². The van der Waals surface area contributed by atoms with E-state index in [0.717, 1.165) is 35.4 Å². The van der Waals surface area contributed by atoms with Crippen molar-refractivity contribution < 1.29 is 4.79 Å². The van der Waals surface area contributed by atoms with Gasteiger partial charge in [-0.05, 0) is 36.8 Å². The van der Waals surface area contributed by atoms with Crippen LogP contribution in [0.25, 0.3) is 0 Å². The maximum Gasteiger partial charge on any atom is 0.307 e. The summed E-state index contributed by atoms with van der Waals surface area (Å²) in [6.45, 7) is 7.00. The molecule has 0 atom stereocenters. The molecule has 1 amide bonds. The number of carbonyl (C=O) groups excluding carboxylic acids is 1. The molecular formula is C19H24N2O2S. The number of hydrogen-bond acceptors (Lipinski definition) is 3. The minimum absolute atomic E-state index is 0.0361. The van der Waals surface area contributed by atoms with E-state index in [-0.39, 0.29) is 17.3 Å². The van der Waals surface area contributed by atoms with E-state index in [4.69, 9.17) is 0 Å². The summed E-state index contributed by atoms with van der Waals surface area (Å²) in [5.41, 5.74) is 3.31. The van der Waals surface area contributed by atoms with E-state index in [2.05, 4.69) is 38.1 Å². The Morgan fingerprint density at radius 3 is 2.46 bits per heavy atom. The van der Waals surface area contributed by atoms with Gasteiger partial charge in [0.05, 0.1) is 0 Å². The van der Waals surface area contributed by atoms with Crippen LogP contribution >= 0.6 is 11.3 Å². The Balaban J connectivity index is 1.73. The Kier molecular flexibility index (Phi) is 4.90. The van der Waals surface area contributed by atoms with Crippen LogP contribution < -0.4 is 4.87 Å². The monoisotopic (exact) mass is 344 g/mol. The van der Waals surface area contributed by atoms with Crippen LogP contribution in [0.2, 0.25) is 0 Å². The molecule has 0 radical (unpaired) electrons. The van der Waals surface area contributed by atoms with Gasteiger partial charge in [0, 0.05) is 23.7 Å². The van der Waals surface area contributed by atoms with Gasteiger partial charge in [-0.3, -0.25) is 14.2 Å². The Bertz CT molecular complexity index is 769. The predicted molar refractivity (Wildman–Crippen MR) is 97.4 cm³/mol. The standard InChI is InChI=1S/C19H24N2O2S/c1-13(2)16-6-4-15(5-7-16)10-21(17-8-9-17)18(22)11-20-14(3)12-24-19(20)23/h4-7,12-13,17H,8-11H2,1-3H3. The quantitative estimate of drug-likeness (QED) is 0.804. The lowest BCUT2D eigenvalue weighted by Gasteiger charge is -2.23. The Morgan fingerprint density at radius 2 is 1.96 bits per heavy atom. The van der Waals surface area contributed by atoms with Gasteiger partial charge in [-0.15, -0.1) is 0 Å². The van der Waals surface area contributed by atoms with Crippen LogP contribution in [0.3, 0.4) is 0 Å². The highest BCUT2D eigenvalue weighted by Crippen LogP contribution is 2.29.